The normalized spacial score (nSPS) is 11.6. The Kier molecular flexibility index (Phi) is 4.66. The molecule has 2 N–H and O–H groups in total. The van der Waals surface area contributed by atoms with Gasteiger partial charge in [0.2, 0.25) is 5.95 Å². The molecule has 0 radical (unpaired) electrons. The van der Waals surface area contributed by atoms with Crippen LogP contribution in [-0.4, -0.2) is 27.3 Å². The van der Waals surface area contributed by atoms with Crippen LogP contribution in [0.4, 0.5) is 11.8 Å². The van der Waals surface area contributed by atoms with E-state index in [1.54, 1.807) is 6.20 Å². The lowest BCUT2D eigenvalue weighted by molar-refractivity contribution is 0.605. The molecule has 0 unspecified atom stereocenters. The molecule has 0 fully saturated rings. The first-order valence-electron chi connectivity index (χ1n) is 6.08. The van der Waals surface area contributed by atoms with Crippen molar-refractivity contribution >= 4 is 11.8 Å². The van der Waals surface area contributed by atoms with E-state index in [1.165, 1.54) is 0 Å². The van der Waals surface area contributed by atoms with E-state index in [4.69, 9.17) is 0 Å². The van der Waals surface area contributed by atoms with Crippen molar-refractivity contribution in [1.82, 2.24) is 15.2 Å². The highest BCUT2D eigenvalue weighted by molar-refractivity contribution is 5.37. The highest BCUT2D eigenvalue weighted by atomic mass is 15.3. The van der Waals surface area contributed by atoms with Gasteiger partial charge in [0.05, 0.1) is 6.20 Å². The van der Waals surface area contributed by atoms with Crippen molar-refractivity contribution in [2.45, 2.75) is 46.6 Å². The fourth-order valence-electron chi connectivity index (χ4n) is 1.27. The van der Waals surface area contributed by atoms with Crippen molar-refractivity contribution in [2.24, 2.45) is 5.92 Å². The van der Waals surface area contributed by atoms with E-state index in [9.17, 15) is 0 Å². The summed E-state index contributed by atoms with van der Waals surface area (Å²) in [5, 5.41) is 14.3. The molecule has 0 bridgehead atoms. The third-order valence-corrected chi connectivity index (χ3v) is 2.07. The molecule has 0 saturated carbocycles. The number of rotatable bonds is 5. The lowest BCUT2D eigenvalue weighted by Gasteiger charge is -2.20. The Morgan fingerprint density at radius 1 is 1.29 bits per heavy atom. The average Bonchev–Trinajstić information content (AvgIpc) is 2.14. The molecule has 1 aromatic rings. The summed E-state index contributed by atoms with van der Waals surface area (Å²) in [6, 6.07) is 0. The Morgan fingerprint density at radius 3 is 2.59 bits per heavy atom. The van der Waals surface area contributed by atoms with Gasteiger partial charge in [-0.05, 0) is 33.1 Å². The molecule has 0 spiro atoms. The van der Waals surface area contributed by atoms with Crippen LogP contribution in [0.25, 0.3) is 0 Å². The van der Waals surface area contributed by atoms with Gasteiger partial charge in [0.25, 0.3) is 0 Å². The first kappa shape index (κ1) is 13.7. The number of hydrogen-bond donors (Lipinski definition) is 2. The van der Waals surface area contributed by atoms with E-state index in [0.717, 1.165) is 18.8 Å². The molecule has 1 rings (SSSR count). The molecule has 0 aliphatic heterocycles. The van der Waals surface area contributed by atoms with Crippen LogP contribution in [0.5, 0.6) is 0 Å². The van der Waals surface area contributed by atoms with E-state index >= 15 is 0 Å². The van der Waals surface area contributed by atoms with Gasteiger partial charge in [0, 0.05) is 12.1 Å². The molecule has 0 amide bonds. The SMILES string of the molecule is CC(C)CCNc1cnnc(NC(C)(C)C)n1. The Morgan fingerprint density at radius 2 is 2.00 bits per heavy atom. The van der Waals surface area contributed by atoms with Crippen LogP contribution < -0.4 is 10.6 Å². The molecule has 1 heterocycles. The minimum Gasteiger partial charge on any atom is -0.369 e. The summed E-state index contributed by atoms with van der Waals surface area (Å²) in [4.78, 5) is 4.36. The van der Waals surface area contributed by atoms with Crippen molar-refractivity contribution in [3.8, 4) is 0 Å². The van der Waals surface area contributed by atoms with Crippen LogP contribution in [-0.2, 0) is 0 Å². The van der Waals surface area contributed by atoms with E-state index < -0.39 is 0 Å². The number of nitrogens with zero attached hydrogens (tertiary/aromatic N) is 3. The van der Waals surface area contributed by atoms with E-state index in [0.29, 0.717) is 11.9 Å². The zero-order valence-corrected chi connectivity index (χ0v) is 11.4. The van der Waals surface area contributed by atoms with Crippen LogP contribution in [0.1, 0.15) is 41.0 Å². The van der Waals surface area contributed by atoms with Crippen LogP contribution in [0.3, 0.4) is 0 Å². The molecular formula is C12H23N5. The summed E-state index contributed by atoms with van der Waals surface area (Å²) < 4.78 is 0. The molecular weight excluding hydrogens is 214 g/mol. The zero-order chi connectivity index (χ0) is 12.9. The van der Waals surface area contributed by atoms with Gasteiger partial charge < -0.3 is 10.6 Å². The number of anilines is 2. The minimum absolute atomic E-state index is 0.0573. The van der Waals surface area contributed by atoms with Gasteiger partial charge in [0.1, 0.15) is 0 Å². The van der Waals surface area contributed by atoms with Gasteiger partial charge in [-0.1, -0.05) is 13.8 Å². The lowest BCUT2D eigenvalue weighted by Crippen LogP contribution is -2.27. The van der Waals surface area contributed by atoms with E-state index in [1.807, 2.05) is 0 Å². The molecule has 5 heteroatoms. The molecule has 0 aromatic carbocycles. The maximum atomic E-state index is 4.36. The van der Waals surface area contributed by atoms with E-state index in [2.05, 4.69) is 60.4 Å². The molecule has 17 heavy (non-hydrogen) atoms. The topological polar surface area (TPSA) is 62.7 Å². The fourth-order valence-corrected chi connectivity index (χ4v) is 1.27. The van der Waals surface area contributed by atoms with Crippen LogP contribution in [0, 0.1) is 5.92 Å². The van der Waals surface area contributed by atoms with Crippen LogP contribution in [0.15, 0.2) is 6.20 Å². The molecule has 5 nitrogen and oxygen atoms in total. The van der Waals surface area contributed by atoms with Gasteiger partial charge in [-0.15, -0.1) is 5.10 Å². The summed E-state index contributed by atoms with van der Waals surface area (Å²) in [6.45, 7) is 11.5. The maximum Gasteiger partial charge on any atom is 0.245 e. The second-order valence-electron chi connectivity index (χ2n) is 5.65. The Bertz CT molecular complexity index is 343. The maximum absolute atomic E-state index is 4.36. The highest BCUT2D eigenvalue weighted by Gasteiger charge is 2.11. The van der Waals surface area contributed by atoms with Gasteiger partial charge in [-0.3, -0.25) is 0 Å². The lowest BCUT2D eigenvalue weighted by atomic mass is 10.1. The summed E-state index contributed by atoms with van der Waals surface area (Å²) in [7, 11) is 0. The van der Waals surface area contributed by atoms with Crippen molar-refractivity contribution in [3.05, 3.63) is 6.20 Å². The van der Waals surface area contributed by atoms with Gasteiger partial charge in [-0.2, -0.15) is 10.1 Å². The molecule has 0 saturated heterocycles. The first-order chi connectivity index (χ1) is 7.87. The average molecular weight is 237 g/mol. The number of hydrogen-bond acceptors (Lipinski definition) is 5. The van der Waals surface area contributed by atoms with E-state index in [-0.39, 0.29) is 5.54 Å². The van der Waals surface area contributed by atoms with Crippen LogP contribution in [0.2, 0.25) is 0 Å². The number of nitrogens with one attached hydrogen (secondary N) is 2. The molecule has 1 aromatic heterocycles. The van der Waals surface area contributed by atoms with Crippen molar-refractivity contribution in [2.75, 3.05) is 17.2 Å². The second-order valence-corrected chi connectivity index (χ2v) is 5.65. The third kappa shape index (κ3) is 6.04. The van der Waals surface area contributed by atoms with Gasteiger partial charge >= 0.3 is 0 Å². The van der Waals surface area contributed by atoms with Crippen molar-refractivity contribution in [3.63, 3.8) is 0 Å². The third-order valence-electron chi connectivity index (χ3n) is 2.07. The predicted octanol–water partition coefficient (Wildman–Crippen LogP) is 2.54. The highest BCUT2D eigenvalue weighted by Crippen LogP contribution is 2.10. The smallest absolute Gasteiger partial charge is 0.245 e. The fraction of sp³-hybridized carbons (Fsp3) is 0.750. The molecule has 0 aliphatic carbocycles. The first-order valence-corrected chi connectivity index (χ1v) is 6.08. The van der Waals surface area contributed by atoms with Gasteiger partial charge in [-0.25, -0.2) is 0 Å². The summed E-state index contributed by atoms with van der Waals surface area (Å²) in [5.41, 5.74) is -0.0573. The Labute approximate surface area is 103 Å². The van der Waals surface area contributed by atoms with Gasteiger partial charge in [0.15, 0.2) is 5.82 Å². The summed E-state index contributed by atoms with van der Waals surface area (Å²) in [5.74, 6) is 2.02. The quantitative estimate of drug-likeness (QED) is 0.824. The predicted molar refractivity (Wildman–Crippen MR) is 71.1 cm³/mol. The number of aromatic nitrogens is 3. The van der Waals surface area contributed by atoms with Crippen LogP contribution >= 0.6 is 0 Å². The summed E-state index contributed by atoms with van der Waals surface area (Å²) in [6.07, 6.45) is 2.76. The molecule has 0 aliphatic rings. The Balaban J connectivity index is 2.54. The van der Waals surface area contributed by atoms with Crippen molar-refractivity contribution < 1.29 is 0 Å². The summed E-state index contributed by atoms with van der Waals surface area (Å²) >= 11 is 0. The Hall–Kier alpha value is -1.39. The van der Waals surface area contributed by atoms with Crippen molar-refractivity contribution in [1.29, 1.82) is 0 Å². The minimum atomic E-state index is -0.0573. The zero-order valence-electron chi connectivity index (χ0n) is 11.4. The molecule has 96 valence electrons. The monoisotopic (exact) mass is 237 g/mol. The second kappa shape index (κ2) is 5.80. The standard InChI is InChI=1S/C12H23N5/c1-9(2)6-7-13-10-8-14-17-11(15-10)16-12(3,4)5/h8-9H,6-7H2,1-5H3,(H2,13,15,16,17). The molecule has 0 atom stereocenters. The largest absolute Gasteiger partial charge is 0.369 e.